The zero-order valence-electron chi connectivity index (χ0n) is 18.9. The summed E-state index contributed by atoms with van der Waals surface area (Å²) in [4.78, 5) is 39.4. The fourth-order valence-electron chi connectivity index (χ4n) is 3.83. The van der Waals surface area contributed by atoms with Crippen LogP contribution in [0.25, 0.3) is 0 Å². The van der Waals surface area contributed by atoms with Crippen molar-refractivity contribution in [3.63, 3.8) is 0 Å². The van der Waals surface area contributed by atoms with Crippen LogP contribution in [0.3, 0.4) is 0 Å². The Bertz CT molecular complexity index is 981. The summed E-state index contributed by atoms with van der Waals surface area (Å²) in [6, 6.07) is 17.2. The lowest BCUT2D eigenvalue weighted by Gasteiger charge is -2.35. The largest absolute Gasteiger partial charge is 0.444 e. The van der Waals surface area contributed by atoms with Crippen molar-refractivity contribution in [2.45, 2.75) is 31.9 Å². The van der Waals surface area contributed by atoms with Crippen LogP contribution in [-0.4, -0.2) is 52.5 Å². The molecule has 2 atom stereocenters. The van der Waals surface area contributed by atoms with Crippen LogP contribution in [-0.2, 0) is 10.3 Å². The molecule has 1 aliphatic heterocycles. The Kier molecular flexibility index (Phi) is 7.65. The summed E-state index contributed by atoms with van der Waals surface area (Å²) in [6.45, 7) is 5.40. The lowest BCUT2D eigenvalue weighted by Crippen LogP contribution is -2.55. The third-order valence-corrected chi connectivity index (χ3v) is 6.03. The Morgan fingerprint density at radius 1 is 1.09 bits per heavy atom. The van der Waals surface area contributed by atoms with Gasteiger partial charge in [-0.3, -0.25) is 9.52 Å². The van der Waals surface area contributed by atoms with E-state index in [4.69, 9.17) is 4.74 Å². The minimum Gasteiger partial charge on any atom is -0.444 e. The van der Waals surface area contributed by atoms with E-state index in [1.807, 2.05) is 30.3 Å². The molecule has 0 saturated carbocycles. The van der Waals surface area contributed by atoms with Gasteiger partial charge in [0, 0.05) is 30.0 Å². The van der Waals surface area contributed by atoms with E-state index in [9.17, 15) is 19.5 Å². The molecule has 2 aromatic rings. The van der Waals surface area contributed by atoms with Gasteiger partial charge in [-0.2, -0.15) is 0 Å². The van der Waals surface area contributed by atoms with Gasteiger partial charge in [0.2, 0.25) is 5.12 Å². The van der Waals surface area contributed by atoms with Crippen molar-refractivity contribution in [2.75, 3.05) is 19.7 Å². The van der Waals surface area contributed by atoms with Crippen molar-refractivity contribution in [1.82, 2.24) is 14.9 Å². The first kappa shape index (κ1) is 24.6. The highest BCUT2D eigenvalue weighted by atomic mass is 32.2. The molecule has 1 heterocycles. The Hall–Kier alpha value is -3.04. The molecule has 0 bridgehead atoms. The summed E-state index contributed by atoms with van der Waals surface area (Å²) in [6.07, 6.45) is -0.519. The molecule has 8 nitrogen and oxygen atoms in total. The second kappa shape index (κ2) is 10.3. The fraction of sp³-hybridized carbons (Fsp3) is 0.375. The number of hydrogen-bond acceptors (Lipinski definition) is 6. The number of nitrogens with zero attached hydrogens (tertiary/aromatic N) is 1. The lowest BCUT2D eigenvalue weighted by molar-refractivity contribution is 0.0277. The van der Waals surface area contributed by atoms with E-state index < -0.39 is 29.2 Å². The smallest absolute Gasteiger partial charge is 0.410 e. The summed E-state index contributed by atoms with van der Waals surface area (Å²) in [5, 5.41) is 12.8. The number of carbonyl (C=O) groups is 3. The van der Waals surface area contributed by atoms with E-state index in [2.05, 4.69) is 10.0 Å². The number of benzene rings is 2. The average Bonchev–Trinajstić information content (AvgIpc) is 3.17. The van der Waals surface area contributed by atoms with E-state index in [1.165, 1.54) is 4.90 Å². The Labute approximate surface area is 197 Å². The Balaban J connectivity index is 1.80. The van der Waals surface area contributed by atoms with Gasteiger partial charge in [0.15, 0.2) is 0 Å². The van der Waals surface area contributed by atoms with Crippen LogP contribution in [0.2, 0.25) is 0 Å². The topological polar surface area (TPSA) is 108 Å². The highest BCUT2D eigenvalue weighted by Gasteiger charge is 2.51. The fourth-order valence-corrected chi connectivity index (χ4v) is 4.32. The number of amides is 3. The van der Waals surface area contributed by atoms with Gasteiger partial charge in [0.05, 0.1) is 18.7 Å². The molecule has 0 aromatic heterocycles. The number of likely N-dealkylation sites (tertiary alicyclic amines) is 1. The molecule has 9 heteroatoms. The van der Waals surface area contributed by atoms with E-state index >= 15 is 0 Å². The summed E-state index contributed by atoms with van der Waals surface area (Å²) >= 11 is 0.670. The standard InChI is InChI=1S/C24H29N3O5S/c1-23(2,3)32-22(31)27-14-19(15-28)24(16-27,18-12-8-5-9-13-18)25-21(30)26-33-20(29)17-10-6-4-7-11-17/h4-13,19,28H,14-16H2,1-3H3,(H2,25,26,30)/t19-,24+/m0/s1. The molecule has 3 amide bonds. The zero-order chi connectivity index (χ0) is 24.1. The van der Waals surface area contributed by atoms with Crippen molar-refractivity contribution >= 4 is 29.2 Å². The highest BCUT2D eigenvalue weighted by Crippen LogP contribution is 2.37. The number of urea groups is 1. The molecular weight excluding hydrogens is 442 g/mol. The molecule has 0 spiro atoms. The van der Waals surface area contributed by atoms with Gasteiger partial charge >= 0.3 is 12.1 Å². The molecule has 1 saturated heterocycles. The van der Waals surface area contributed by atoms with Gasteiger partial charge in [-0.15, -0.1) is 0 Å². The van der Waals surface area contributed by atoms with Crippen LogP contribution in [0.15, 0.2) is 60.7 Å². The van der Waals surface area contributed by atoms with E-state index in [1.54, 1.807) is 51.1 Å². The molecular formula is C24H29N3O5S. The first-order valence-electron chi connectivity index (χ1n) is 10.6. The van der Waals surface area contributed by atoms with Crippen molar-refractivity contribution in [3.8, 4) is 0 Å². The van der Waals surface area contributed by atoms with Gasteiger partial charge in [-0.25, -0.2) is 9.59 Å². The van der Waals surface area contributed by atoms with Crippen LogP contribution < -0.4 is 10.0 Å². The zero-order valence-corrected chi connectivity index (χ0v) is 19.7. The van der Waals surface area contributed by atoms with Crippen LogP contribution in [0.4, 0.5) is 9.59 Å². The summed E-state index contributed by atoms with van der Waals surface area (Å²) in [7, 11) is 0. The first-order valence-corrected chi connectivity index (χ1v) is 11.4. The molecule has 0 unspecified atom stereocenters. The van der Waals surface area contributed by atoms with Gasteiger partial charge in [-0.1, -0.05) is 60.7 Å². The van der Waals surface area contributed by atoms with Gasteiger partial charge in [0.25, 0.3) is 0 Å². The predicted octanol–water partition coefficient (Wildman–Crippen LogP) is 3.53. The Morgan fingerprint density at radius 3 is 2.27 bits per heavy atom. The number of rotatable bonds is 4. The van der Waals surface area contributed by atoms with E-state index in [0.29, 0.717) is 17.5 Å². The second-order valence-corrected chi connectivity index (χ2v) is 9.67. The van der Waals surface area contributed by atoms with Crippen LogP contribution >= 0.6 is 11.9 Å². The molecule has 2 aromatic carbocycles. The molecule has 1 aliphatic rings. The number of aliphatic hydroxyl groups is 1. The van der Waals surface area contributed by atoms with Crippen LogP contribution in [0.5, 0.6) is 0 Å². The highest BCUT2D eigenvalue weighted by molar-refractivity contribution is 8.12. The molecule has 176 valence electrons. The number of nitrogens with one attached hydrogen (secondary N) is 2. The van der Waals surface area contributed by atoms with Gasteiger partial charge < -0.3 is 20.1 Å². The molecule has 3 rings (SSSR count). The number of aliphatic hydroxyl groups excluding tert-OH is 1. The van der Waals surface area contributed by atoms with Crippen LogP contribution in [0.1, 0.15) is 36.7 Å². The van der Waals surface area contributed by atoms with Crippen LogP contribution in [0, 0.1) is 5.92 Å². The normalized spacial score (nSPS) is 20.2. The van der Waals surface area contributed by atoms with Crippen molar-refractivity contribution in [3.05, 3.63) is 71.8 Å². The van der Waals surface area contributed by atoms with Gasteiger partial charge in [0.1, 0.15) is 5.60 Å². The molecule has 0 radical (unpaired) electrons. The van der Waals surface area contributed by atoms with E-state index in [0.717, 1.165) is 5.56 Å². The average molecular weight is 472 g/mol. The second-order valence-electron chi connectivity index (χ2n) is 8.89. The monoisotopic (exact) mass is 471 g/mol. The molecule has 3 N–H and O–H groups in total. The molecule has 1 fully saturated rings. The van der Waals surface area contributed by atoms with E-state index in [-0.39, 0.29) is 24.8 Å². The first-order chi connectivity index (χ1) is 15.6. The maximum absolute atomic E-state index is 12.9. The minimum atomic E-state index is -1.06. The molecule has 0 aliphatic carbocycles. The van der Waals surface area contributed by atoms with Crippen molar-refractivity contribution < 1.29 is 24.2 Å². The van der Waals surface area contributed by atoms with Gasteiger partial charge in [-0.05, 0) is 26.3 Å². The summed E-state index contributed by atoms with van der Waals surface area (Å²) in [5.41, 5.74) is -0.536. The summed E-state index contributed by atoms with van der Waals surface area (Å²) < 4.78 is 8.03. The minimum absolute atomic E-state index is 0.113. The number of carbonyl (C=O) groups excluding carboxylic acids is 3. The number of ether oxygens (including phenoxy) is 1. The maximum atomic E-state index is 12.9. The third-order valence-electron chi connectivity index (χ3n) is 5.32. The summed E-state index contributed by atoms with van der Waals surface area (Å²) in [5.74, 6) is -0.479. The Morgan fingerprint density at radius 2 is 1.70 bits per heavy atom. The number of hydrogen-bond donors (Lipinski definition) is 3. The maximum Gasteiger partial charge on any atom is 0.410 e. The molecule has 33 heavy (non-hydrogen) atoms. The third kappa shape index (κ3) is 6.06. The lowest BCUT2D eigenvalue weighted by atomic mass is 9.81. The predicted molar refractivity (Wildman–Crippen MR) is 127 cm³/mol. The quantitative estimate of drug-likeness (QED) is 0.589. The van der Waals surface area contributed by atoms with Crippen molar-refractivity contribution in [1.29, 1.82) is 0 Å². The SMILES string of the molecule is CC(C)(C)OC(=O)N1C[C@@H](CO)[C@](NC(=O)NSC(=O)c2ccccc2)(c2ccccc2)C1. The van der Waals surface area contributed by atoms with Crippen molar-refractivity contribution in [2.24, 2.45) is 5.92 Å².